The van der Waals surface area contributed by atoms with E-state index in [2.05, 4.69) is 104 Å². The van der Waals surface area contributed by atoms with Crippen molar-refractivity contribution in [3.8, 4) is 0 Å². The van der Waals surface area contributed by atoms with E-state index in [0.29, 0.717) is 69.3 Å². The van der Waals surface area contributed by atoms with Gasteiger partial charge in [0.25, 0.3) is 19.4 Å². The second-order valence-electron chi connectivity index (χ2n) is 54.1. The maximum Gasteiger partial charge on any atom is 0.293 e. The first-order valence-electron chi connectivity index (χ1n) is 56.2. The normalized spacial score (nSPS) is 46.0. The van der Waals surface area contributed by atoms with Crippen molar-refractivity contribution in [2.45, 2.75) is 534 Å². The van der Waals surface area contributed by atoms with E-state index in [4.69, 9.17) is 52.1 Å². The Morgan fingerprint density at radius 1 is 0.329 bits per heavy atom. The molecule has 6 saturated carbocycles. The fourth-order valence-corrected chi connectivity index (χ4v) is 34.9. The van der Waals surface area contributed by atoms with Crippen LogP contribution < -0.4 is 0 Å². The molecule has 0 bridgehead atoms. The van der Waals surface area contributed by atoms with Crippen molar-refractivity contribution in [2.24, 2.45) is 106 Å². The second kappa shape index (κ2) is 44.2. The minimum absolute atomic E-state index is 0.00868. The molecule has 12 aliphatic carbocycles. The molecule has 31 nitrogen and oxygen atoms in total. The van der Waals surface area contributed by atoms with E-state index in [0.717, 1.165) is 180 Å². The molecular formula is C115H192O31. The van der Waals surface area contributed by atoms with Gasteiger partial charge in [-0.05, 0) is 336 Å². The van der Waals surface area contributed by atoms with Crippen molar-refractivity contribution < 1.29 is 153 Å². The van der Waals surface area contributed by atoms with Gasteiger partial charge in [0.05, 0.1) is 73.8 Å². The highest BCUT2D eigenvalue weighted by Crippen LogP contribution is 2.77. The summed E-state index contributed by atoms with van der Waals surface area (Å²) in [5, 5.41) is 175. The first kappa shape index (κ1) is 118. The quantitative estimate of drug-likeness (QED) is 0.0165. The van der Waals surface area contributed by atoms with E-state index in [1.165, 1.54) is 0 Å². The molecule has 10 fully saturated rings. The third-order valence-corrected chi connectivity index (χ3v) is 44.4. The van der Waals surface area contributed by atoms with Crippen LogP contribution in [0.4, 0.5) is 0 Å². The number of fused-ring (bicyclic) bond motifs is 12. The molecule has 31 heteroatoms. The molecule has 0 aromatic carbocycles. The highest BCUT2D eigenvalue weighted by Gasteiger charge is 2.70. The molecule has 0 amide bonds. The number of aliphatic hydroxyl groups is 17. The average Bonchev–Trinajstić information content (AvgIpc) is 1.62. The molecule has 17 N–H and O–H groups in total. The van der Waals surface area contributed by atoms with Crippen LogP contribution in [-0.4, -0.2) is 303 Å². The zero-order valence-corrected chi connectivity index (χ0v) is 92.2. The van der Waals surface area contributed by atoms with Gasteiger partial charge in [0.15, 0.2) is 25.2 Å². The summed E-state index contributed by atoms with van der Waals surface area (Å²) in [6.07, 6.45) is 5.46. The van der Waals surface area contributed by atoms with Gasteiger partial charge in [0, 0.05) is 23.7 Å². The number of carbonyl (C=O) groups excluding carboxylic acids is 3. The predicted octanol–water partition coefficient (Wildman–Crippen LogP) is 12.3. The largest absolute Gasteiger partial charge is 0.464 e. The number of ether oxygens (including phenoxy) is 11. The van der Waals surface area contributed by atoms with Crippen LogP contribution >= 0.6 is 0 Å². The Bertz CT molecular complexity index is 4520. The SMILES string of the molecule is CC(C)(CCC[C@@H](OC=O)[C@H]1CC[C@@]2(C)C3=C(CC[C@]12C)[C@@]1(C)CC[C@H](O)C(C)(C)C1CC3)OC1OC(CO)C(O)C(O)C1O.CC(C)(O)CCC[C@@H](OC=O)[C@H]1CC[C@@]2(C)C3=C(CC[C@]12C)[C@@]1(C)CC[C@H](OC2OC(CO)C(O)C(O)C2O)C(C)(C)C1CC3.CC1C(CO)OC(OC(C)(C)CCC[C@@H](OC=O)[C@H]2CC[C@@]3(C)C4=C(CC[C@]23C)[C@@]2(C)CC[C@H](OC3OC(CO)C(O)C(O)C3O)C(C)(C)C2CC4)C(O)C1O. The third kappa shape index (κ3) is 21.1. The summed E-state index contributed by atoms with van der Waals surface area (Å²) in [6.45, 7) is 48.6. The molecular weight excluding hydrogens is 1880 g/mol. The lowest BCUT2D eigenvalue weighted by Gasteiger charge is -2.62. The van der Waals surface area contributed by atoms with Crippen LogP contribution in [0.15, 0.2) is 33.4 Å². The molecule has 23 unspecified atom stereocenters. The van der Waals surface area contributed by atoms with Gasteiger partial charge in [-0.1, -0.05) is 144 Å². The van der Waals surface area contributed by atoms with Gasteiger partial charge < -0.3 is 139 Å². The van der Waals surface area contributed by atoms with Gasteiger partial charge in [-0.2, -0.15) is 0 Å². The fourth-order valence-electron chi connectivity index (χ4n) is 34.9. The van der Waals surface area contributed by atoms with Crippen molar-refractivity contribution in [2.75, 3.05) is 26.4 Å². The molecule has 4 heterocycles. The van der Waals surface area contributed by atoms with Gasteiger partial charge in [-0.25, -0.2) is 0 Å². The smallest absolute Gasteiger partial charge is 0.293 e. The Balaban J connectivity index is 0.000000175. The van der Waals surface area contributed by atoms with Crippen LogP contribution in [0.1, 0.15) is 364 Å². The van der Waals surface area contributed by atoms with Crippen LogP contribution in [0.5, 0.6) is 0 Å². The summed E-state index contributed by atoms with van der Waals surface area (Å²) in [4.78, 5) is 35.5. The van der Waals surface area contributed by atoms with Gasteiger partial charge in [0.2, 0.25) is 0 Å². The standard InChI is InChI=1S/C43H72O13.2C36H60O9/c1-23-28(20-44)53-38(35(50)32(23)47)56-39(2,3)16-9-10-27(52-22-46)26-14-19-42(7)25-11-12-30-40(4,5)31(15-17-41(30,6)24(25)13-18-43(26,42)8)55-37-36(51)34(49)33(48)29(21-45)54-37;1-32(2,42)15-8-9-24(43-20-38)23-13-18-35(6)22-10-11-26-33(3,4)27(14-16-34(26,5)21(22)12-17-36(23,35)7)45-31-30(41)29(40)28(39)25(19-37)44-31;1-32(2,45-31-30(42)29(41)28(40)25(19-37)44-31)15-8-9-24(43-20-38)23-13-18-35(6)22-10-11-26-33(3,4)27(39)14-16-34(26,5)21(22)12-17-36(23,35)7/h22-23,26-38,44-45,47-51H,9-21H2,1-8H3;2*20,23-31,37,39-42H,8-19H2,1-7H3/t23?,26-,27-,28?,29?,30?,31+,32?,33?,34?,35?,36?,37?,38?,41-,42+,43-;2*23-,24-,25?,26?,27+,28?,29?,30?,31?,34-,35+,36-/m111/s1. The number of carbonyl (C=O) groups is 3. The van der Waals surface area contributed by atoms with Crippen molar-refractivity contribution in [1.82, 2.24) is 0 Å². The maximum atomic E-state index is 12.0. The lowest BCUT2D eigenvalue weighted by molar-refractivity contribution is -0.325. The van der Waals surface area contributed by atoms with Crippen molar-refractivity contribution in [3.63, 3.8) is 0 Å². The molecule has 41 atom stereocenters. The molecule has 16 aliphatic rings. The van der Waals surface area contributed by atoms with Crippen molar-refractivity contribution in [1.29, 1.82) is 0 Å². The molecule has 0 radical (unpaired) electrons. The van der Waals surface area contributed by atoms with E-state index in [9.17, 15) is 101 Å². The van der Waals surface area contributed by atoms with E-state index in [-0.39, 0.29) is 126 Å². The molecule has 4 aliphatic heterocycles. The summed E-state index contributed by atoms with van der Waals surface area (Å²) in [7, 11) is 0. The number of aliphatic hydroxyl groups excluding tert-OH is 16. The van der Waals surface area contributed by atoms with E-state index < -0.39 is 159 Å². The lowest BCUT2D eigenvalue weighted by Crippen LogP contribution is -2.61. The highest BCUT2D eigenvalue weighted by atomic mass is 16.7. The van der Waals surface area contributed by atoms with E-state index in [1.54, 1.807) is 40.4 Å². The van der Waals surface area contributed by atoms with Gasteiger partial charge in [0.1, 0.15) is 97.7 Å². The fraction of sp³-hybridized carbons (Fsp3) is 0.922. The lowest BCUT2D eigenvalue weighted by atomic mass is 9.43. The Hall–Kier alpha value is -3.37. The first-order valence-corrected chi connectivity index (χ1v) is 56.2. The van der Waals surface area contributed by atoms with Crippen molar-refractivity contribution in [3.05, 3.63) is 33.4 Å². The Kier molecular flexibility index (Phi) is 35.8. The summed E-state index contributed by atoms with van der Waals surface area (Å²) in [5.41, 5.74) is 7.03. The van der Waals surface area contributed by atoms with Crippen LogP contribution in [0.25, 0.3) is 0 Å². The topological polar surface area (TPSA) is 497 Å². The second-order valence-corrected chi connectivity index (χ2v) is 54.1. The molecule has 4 saturated heterocycles. The van der Waals surface area contributed by atoms with E-state index >= 15 is 0 Å². The number of rotatable bonds is 33. The summed E-state index contributed by atoms with van der Waals surface area (Å²) in [6, 6.07) is 0. The van der Waals surface area contributed by atoms with Gasteiger partial charge >= 0.3 is 0 Å². The van der Waals surface area contributed by atoms with Crippen molar-refractivity contribution >= 4 is 19.4 Å². The van der Waals surface area contributed by atoms with Crippen LogP contribution in [0, 0.1) is 106 Å². The number of hydrogen-bond acceptors (Lipinski definition) is 31. The zero-order chi connectivity index (χ0) is 108. The van der Waals surface area contributed by atoms with Crippen LogP contribution in [-0.2, 0) is 66.5 Å². The van der Waals surface area contributed by atoms with Gasteiger partial charge in [-0.15, -0.1) is 0 Å². The molecule has 0 spiro atoms. The Morgan fingerprint density at radius 3 is 0.932 bits per heavy atom. The predicted molar refractivity (Wildman–Crippen MR) is 542 cm³/mol. The third-order valence-electron chi connectivity index (χ3n) is 44.4. The highest BCUT2D eigenvalue weighted by molar-refractivity contribution is 5.44. The molecule has 0 aromatic rings. The minimum atomic E-state index is -1.49. The Labute approximate surface area is 868 Å². The van der Waals surface area contributed by atoms with Gasteiger partial charge in [-0.3, -0.25) is 14.4 Å². The summed E-state index contributed by atoms with van der Waals surface area (Å²) >= 11 is 0. The summed E-state index contributed by atoms with van der Waals surface area (Å²) in [5.74, 6) is 1.42. The first-order chi connectivity index (χ1) is 68.1. The Morgan fingerprint density at radius 2 is 0.616 bits per heavy atom. The zero-order valence-electron chi connectivity index (χ0n) is 92.2. The summed E-state index contributed by atoms with van der Waals surface area (Å²) < 4.78 is 65.8. The number of allylic oxidation sites excluding steroid dienone is 6. The molecule has 146 heavy (non-hydrogen) atoms. The average molecular weight is 2070 g/mol. The molecule has 0 aromatic heterocycles. The molecule has 16 rings (SSSR count). The maximum absolute atomic E-state index is 12.0. The minimum Gasteiger partial charge on any atom is -0.464 e. The van der Waals surface area contributed by atoms with Crippen LogP contribution in [0.3, 0.4) is 0 Å². The monoisotopic (exact) mass is 2070 g/mol. The number of hydrogen-bond donors (Lipinski definition) is 17. The van der Waals surface area contributed by atoms with Crippen LogP contribution in [0.2, 0.25) is 0 Å². The molecule has 838 valence electrons. The van der Waals surface area contributed by atoms with E-state index in [1.807, 2.05) is 41.5 Å².